The third-order valence-corrected chi connectivity index (χ3v) is 8.43. The van der Waals surface area contributed by atoms with E-state index in [1.807, 2.05) is 30.3 Å². The predicted octanol–water partition coefficient (Wildman–Crippen LogP) is 6.31. The fourth-order valence-electron chi connectivity index (χ4n) is 7.06. The number of aromatic nitrogens is 3. The Hall–Kier alpha value is -4.90. The molecule has 3 aliphatic heterocycles. The number of pyridine rings is 1. The number of hydrogen-bond acceptors (Lipinski definition) is 2. The average molecular weight is 494 g/mol. The van der Waals surface area contributed by atoms with Crippen LogP contribution in [-0.2, 0) is 5.66 Å². The molecule has 0 saturated heterocycles. The molecular weight excluding hydrogens is 470 g/mol. The average Bonchev–Trinajstić information content (AvgIpc) is 3.40. The van der Waals surface area contributed by atoms with Gasteiger partial charge in [0, 0.05) is 13.0 Å². The molecule has 180 valence electrons. The zero-order valence-corrected chi connectivity index (χ0v) is 21.0. The zero-order chi connectivity index (χ0) is 25.2. The lowest BCUT2D eigenvalue weighted by Crippen LogP contribution is -2.76. The molecule has 0 radical (unpaired) electrons. The molecule has 4 aromatic carbocycles. The van der Waals surface area contributed by atoms with Gasteiger partial charge < -0.3 is 9.47 Å². The van der Waals surface area contributed by atoms with Crippen LogP contribution in [0, 0.1) is 13.8 Å². The van der Waals surface area contributed by atoms with Gasteiger partial charge >= 0.3 is 11.5 Å². The highest BCUT2D eigenvalue weighted by Gasteiger charge is 2.72. The van der Waals surface area contributed by atoms with E-state index in [9.17, 15) is 0 Å². The highest BCUT2D eigenvalue weighted by molar-refractivity contribution is 5.88. The first-order valence-electron chi connectivity index (χ1n) is 13.0. The van der Waals surface area contributed by atoms with Crippen LogP contribution in [0.1, 0.15) is 22.5 Å². The van der Waals surface area contributed by atoms with Crippen molar-refractivity contribution in [2.24, 2.45) is 0 Å². The molecule has 38 heavy (non-hydrogen) atoms. The summed E-state index contributed by atoms with van der Waals surface area (Å²) in [5, 5.41) is 2.49. The molecule has 5 heterocycles. The molecule has 2 aromatic heterocycles. The highest BCUT2D eigenvalue weighted by atomic mass is 16.5. The molecule has 0 bridgehead atoms. The third kappa shape index (κ3) is 2.16. The van der Waals surface area contributed by atoms with Crippen LogP contribution in [0.3, 0.4) is 0 Å². The maximum atomic E-state index is 6.55. The van der Waals surface area contributed by atoms with E-state index in [1.165, 1.54) is 33.3 Å². The summed E-state index contributed by atoms with van der Waals surface area (Å²) < 4.78 is 20.1. The molecule has 1 unspecified atom stereocenters. The maximum absolute atomic E-state index is 6.55. The van der Waals surface area contributed by atoms with E-state index in [2.05, 4.69) is 101 Å². The minimum absolute atomic E-state index is 0.686. The number of fused-ring (bicyclic) bond motifs is 4. The van der Waals surface area contributed by atoms with Crippen LogP contribution in [0.5, 0.6) is 23.1 Å². The zero-order valence-electron chi connectivity index (χ0n) is 21.0. The highest BCUT2D eigenvalue weighted by Crippen LogP contribution is 2.56. The minimum atomic E-state index is -0.686. The Morgan fingerprint density at radius 1 is 0.684 bits per heavy atom. The Morgan fingerprint density at radius 3 is 2.29 bits per heavy atom. The van der Waals surface area contributed by atoms with Crippen molar-refractivity contribution in [2.45, 2.75) is 19.5 Å². The Kier molecular flexibility index (Phi) is 3.56. The number of hydrogen-bond donors (Lipinski definition) is 0. The van der Waals surface area contributed by atoms with Gasteiger partial charge in [0.1, 0.15) is 17.2 Å². The summed E-state index contributed by atoms with van der Waals surface area (Å²) in [6.07, 6.45) is 2.13. The molecule has 9 rings (SSSR count). The van der Waals surface area contributed by atoms with Crippen molar-refractivity contribution in [1.29, 1.82) is 0 Å². The lowest BCUT2D eigenvalue weighted by Gasteiger charge is -2.31. The van der Waals surface area contributed by atoms with Crippen LogP contribution in [0.2, 0.25) is 0 Å². The standard InChI is InChI=1S/C33H23N3O2/c1-20-30(24-17-16-22-9-3-4-10-23(22)19-24)21(2)36-33-31-25(35(20)36)11-7-12-26(31)37-27-13-8-14-28(32(27)33)38-29-15-5-6-18-34(29)33/h3-19H,1-2H3/q+2. The molecular formula is C33H23N3O2+2. The Bertz CT molecular complexity index is 2010. The molecule has 0 saturated carbocycles. The normalized spacial score (nSPS) is 17.2. The van der Waals surface area contributed by atoms with E-state index in [1.54, 1.807) is 0 Å². The topological polar surface area (TPSA) is 31.1 Å². The smallest absolute Gasteiger partial charge is 0.452 e. The van der Waals surface area contributed by atoms with E-state index in [0.717, 1.165) is 39.9 Å². The quantitative estimate of drug-likeness (QED) is 0.251. The fraction of sp³-hybridized carbons (Fsp3) is 0.0909. The molecule has 0 N–H and O–H groups in total. The minimum Gasteiger partial charge on any atom is -0.455 e. The lowest BCUT2D eigenvalue weighted by molar-refractivity contribution is -0.999. The predicted molar refractivity (Wildman–Crippen MR) is 143 cm³/mol. The molecule has 1 atom stereocenters. The second-order valence-corrected chi connectivity index (χ2v) is 10.3. The second kappa shape index (κ2) is 6.69. The number of benzene rings is 4. The van der Waals surface area contributed by atoms with Gasteiger partial charge in [0.2, 0.25) is 5.69 Å². The van der Waals surface area contributed by atoms with E-state index < -0.39 is 5.66 Å². The monoisotopic (exact) mass is 493 g/mol. The number of nitrogens with zero attached hydrogens (tertiary/aromatic N) is 3. The summed E-state index contributed by atoms with van der Waals surface area (Å²) in [5.41, 5.74) is 7.44. The maximum Gasteiger partial charge on any atom is 0.452 e. The molecule has 0 amide bonds. The van der Waals surface area contributed by atoms with E-state index in [-0.39, 0.29) is 0 Å². The molecule has 6 aromatic rings. The molecule has 0 fully saturated rings. The number of rotatable bonds is 1. The van der Waals surface area contributed by atoms with Crippen molar-refractivity contribution < 1.29 is 18.7 Å². The van der Waals surface area contributed by atoms with Crippen molar-refractivity contribution >= 4 is 10.8 Å². The van der Waals surface area contributed by atoms with Gasteiger partial charge in [-0.15, -0.1) is 4.68 Å². The van der Waals surface area contributed by atoms with Gasteiger partial charge in [-0.25, -0.2) is 0 Å². The van der Waals surface area contributed by atoms with Gasteiger partial charge in [0.05, 0.1) is 17.3 Å². The van der Waals surface area contributed by atoms with E-state index >= 15 is 0 Å². The Balaban J connectivity index is 1.46. The first kappa shape index (κ1) is 20.2. The van der Waals surface area contributed by atoms with E-state index in [0.29, 0.717) is 0 Å². The van der Waals surface area contributed by atoms with Crippen molar-refractivity contribution in [1.82, 2.24) is 4.68 Å². The fourth-order valence-corrected chi connectivity index (χ4v) is 7.06. The van der Waals surface area contributed by atoms with Crippen molar-refractivity contribution in [3.8, 4) is 39.9 Å². The van der Waals surface area contributed by atoms with Gasteiger partial charge in [0.15, 0.2) is 23.1 Å². The van der Waals surface area contributed by atoms with E-state index in [4.69, 9.17) is 9.47 Å². The van der Waals surface area contributed by atoms with Crippen LogP contribution >= 0.6 is 0 Å². The van der Waals surface area contributed by atoms with Gasteiger partial charge in [0.25, 0.3) is 0 Å². The van der Waals surface area contributed by atoms with Gasteiger partial charge in [-0.3, -0.25) is 0 Å². The lowest BCUT2D eigenvalue weighted by atomic mass is 9.85. The summed E-state index contributed by atoms with van der Waals surface area (Å²) in [6, 6.07) is 34.0. The van der Waals surface area contributed by atoms with Crippen LogP contribution in [0.4, 0.5) is 0 Å². The Morgan fingerprint density at radius 2 is 1.42 bits per heavy atom. The van der Waals surface area contributed by atoms with Gasteiger partial charge in [-0.05, 0) is 64.3 Å². The Labute approximate surface area is 219 Å². The summed E-state index contributed by atoms with van der Waals surface area (Å²) in [4.78, 5) is 0. The molecule has 1 spiro atoms. The molecule has 3 aliphatic rings. The summed E-state index contributed by atoms with van der Waals surface area (Å²) in [7, 11) is 0. The van der Waals surface area contributed by atoms with Crippen LogP contribution in [0.15, 0.2) is 103 Å². The van der Waals surface area contributed by atoms with Gasteiger partial charge in [-0.2, -0.15) is 0 Å². The SMILES string of the molecule is Cc1c(-c2ccc3ccccc3c2)c(C)[n+]2n1-c1cccc3c1C21c2c(cccc2Oc2cccc[n+]21)O3. The molecule has 5 heteroatoms. The van der Waals surface area contributed by atoms with Crippen LogP contribution in [0.25, 0.3) is 27.6 Å². The number of ether oxygens (including phenoxy) is 2. The van der Waals surface area contributed by atoms with Crippen LogP contribution < -0.4 is 18.7 Å². The van der Waals surface area contributed by atoms with Crippen molar-refractivity contribution in [3.05, 3.63) is 126 Å². The summed E-state index contributed by atoms with van der Waals surface area (Å²) >= 11 is 0. The van der Waals surface area contributed by atoms with Crippen LogP contribution in [-0.4, -0.2) is 4.68 Å². The molecule has 0 aliphatic carbocycles. The first-order valence-corrected chi connectivity index (χ1v) is 13.0. The van der Waals surface area contributed by atoms with Gasteiger partial charge in [-0.1, -0.05) is 53.1 Å². The first-order chi connectivity index (χ1) is 18.7. The summed E-state index contributed by atoms with van der Waals surface area (Å²) in [6.45, 7) is 4.47. The second-order valence-electron chi connectivity index (χ2n) is 10.3. The van der Waals surface area contributed by atoms with Crippen molar-refractivity contribution in [3.63, 3.8) is 0 Å². The largest absolute Gasteiger partial charge is 0.455 e. The third-order valence-electron chi connectivity index (χ3n) is 8.43. The van der Waals surface area contributed by atoms with Crippen molar-refractivity contribution in [2.75, 3.05) is 0 Å². The molecule has 5 nitrogen and oxygen atoms in total. The summed E-state index contributed by atoms with van der Waals surface area (Å²) in [5.74, 6) is 3.31.